The van der Waals surface area contributed by atoms with E-state index in [4.69, 9.17) is 0 Å². The number of piperazine rings is 1. The van der Waals surface area contributed by atoms with Gasteiger partial charge in [0.15, 0.2) is 0 Å². The van der Waals surface area contributed by atoms with Crippen LogP contribution in [0.2, 0.25) is 0 Å². The van der Waals surface area contributed by atoms with Gasteiger partial charge in [0.05, 0.1) is 37.0 Å². The first-order valence-corrected chi connectivity index (χ1v) is 12.0. The van der Waals surface area contributed by atoms with E-state index in [9.17, 15) is 19.2 Å². The fourth-order valence-corrected chi connectivity index (χ4v) is 7.68. The molecule has 32 heavy (non-hydrogen) atoms. The molecular weight excluding hydrogens is 408 g/mol. The number of likely N-dealkylation sites (tertiary alicyclic amines) is 2. The van der Waals surface area contributed by atoms with Crippen molar-refractivity contribution in [2.45, 2.75) is 12.8 Å². The summed E-state index contributed by atoms with van der Waals surface area (Å²) in [7, 11) is 0. The number of allylic oxidation sites excluding steroid dienone is 4. The number of fused-ring (bicyclic) bond motifs is 10. The minimum Gasteiger partial charge on any atom is -0.283 e. The van der Waals surface area contributed by atoms with Gasteiger partial charge in [0, 0.05) is 26.2 Å². The van der Waals surface area contributed by atoms with Gasteiger partial charge in [-0.05, 0) is 36.5 Å². The van der Waals surface area contributed by atoms with Gasteiger partial charge in [0.2, 0.25) is 23.6 Å². The molecule has 168 valence electrons. The van der Waals surface area contributed by atoms with Crippen LogP contribution >= 0.6 is 0 Å². The van der Waals surface area contributed by atoms with Crippen LogP contribution in [0.15, 0.2) is 24.3 Å². The molecule has 2 saturated carbocycles. The first-order chi connectivity index (χ1) is 15.5. The summed E-state index contributed by atoms with van der Waals surface area (Å²) in [6.07, 6.45) is 10.4. The molecule has 0 N–H and O–H groups in total. The maximum Gasteiger partial charge on any atom is 0.234 e. The Labute approximate surface area is 186 Å². The Kier molecular flexibility index (Phi) is 3.96. The molecule has 0 radical (unpaired) electrons. The molecule has 3 heterocycles. The van der Waals surface area contributed by atoms with Crippen molar-refractivity contribution < 1.29 is 19.2 Å². The van der Waals surface area contributed by atoms with Crippen molar-refractivity contribution >= 4 is 23.6 Å². The molecule has 4 aliphatic carbocycles. The van der Waals surface area contributed by atoms with Crippen LogP contribution in [-0.4, -0.2) is 82.7 Å². The van der Waals surface area contributed by atoms with Crippen LogP contribution in [-0.2, 0) is 19.2 Å². The minimum absolute atomic E-state index is 0.00215. The third kappa shape index (κ3) is 2.45. The van der Waals surface area contributed by atoms with Crippen LogP contribution in [0, 0.1) is 47.3 Å². The van der Waals surface area contributed by atoms with Gasteiger partial charge in [0.25, 0.3) is 0 Å². The summed E-state index contributed by atoms with van der Waals surface area (Å²) >= 11 is 0. The standard InChI is InChI=1S/C24H28N4O4/c29-21-17-13-1-2-14(9-13)18(17)22(30)27(21)11-25-5-7-26(8-6-25)12-28-23(31)19-15-3-4-16(10-15)20(19)24(28)32/h1-4,13-20H,5-12H2/t13-,14-,15-,16-,17-,18+,19+,20+/m0/s1. The largest absolute Gasteiger partial charge is 0.283 e. The number of carbonyl (C=O) groups is 4. The Morgan fingerprint density at radius 3 is 1.09 bits per heavy atom. The lowest BCUT2D eigenvalue weighted by molar-refractivity contribution is -0.146. The van der Waals surface area contributed by atoms with Gasteiger partial charge in [-0.2, -0.15) is 0 Å². The summed E-state index contributed by atoms with van der Waals surface area (Å²) in [6.45, 7) is 3.58. The molecule has 8 heteroatoms. The lowest BCUT2D eigenvalue weighted by Crippen LogP contribution is -2.54. The molecule has 4 bridgehead atoms. The summed E-state index contributed by atoms with van der Waals surface area (Å²) in [5, 5.41) is 0. The molecule has 8 atom stereocenters. The topological polar surface area (TPSA) is 81.2 Å². The normalized spacial score (nSPS) is 44.6. The van der Waals surface area contributed by atoms with E-state index in [0.717, 1.165) is 12.8 Å². The van der Waals surface area contributed by atoms with Crippen molar-refractivity contribution in [1.29, 1.82) is 0 Å². The van der Waals surface area contributed by atoms with Gasteiger partial charge < -0.3 is 0 Å². The van der Waals surface area contributed by atoms with Crippen molar-refractivity contribution in [2.75, 3.05) is 39.5 Å². The van der Waals surface area contributed by atoms with Crippen LogP contribution < -0.4 is 0 Å². The number of rotatable bonds is 4. The second kappa shape index (κ2) is 6.60. The number of carbonyl (C=O) groups excluding carboxylic acids is 4. The van der Waals surface area contributed by atoms with E-state index in [1.54, 1.807) is 0 Å². The maximum absolute atomic E-state index is 12.9. The predicted octanol–water partition coefficient (Wildman–Crippen LogP) is 0.133. The second-order valence-electron chi connectivity index (χ2n) is 10.7. The first-order valence-electron chi connectivity index (χ1n) is 12.0. The molecule has 0 unspecified atom stereocenters. The molecule has 4 amide bonds. The highest BCUT2D eigenvalue weighted by Gasteiger charge is 2.60. The smallest absolute Gasteiger partial charge is 0.234 e. The Bertz CT molecular complexity index is 844. The van der Waals surface area contributed by atoms with E-state index in [1.807, 2.05) is 0 Å². The fraction of sp³-hybridized carbons (Fsp3) is 0.667. The molecule has 3 saturated heterocycles. The van der Waals surface area contributed by atoms with Gasteiger partial charge in [-0.1, -0.05) is 24.3 Å². The van der Waals surface area contributed by atoms with Gasteiger partial charge >= 0.3 is 0 Å². The number of nitrogens with zero attached hydrogens (tertiary/aromatic N) is 4. The van der Waals surface area contributed by atoms with Crippen molar-refractivity contribution in [3.8, 4) is 0 Å². The van der Waals surface area contributed by atoms with Crippen molar-refractivity contribution in [2.24, 2.45) is 47.3 Å². The van der Waals surface area contributed by atoms with E-state index in [2.05, 4.69) is 34.1 Å². The van der Waals surface area contributed by atoms with E-state index >= 15 is 0 Å². The summed E-state index contributed by atoms with van der Waals surface area (Å²) < 4.78 is 0. The summed E-state index contributed by atoms with van der Waals surface area (Å²) in [4.78, 5) is 59.0. The van der Waals surface area contributed by atoms with Crippen LogP contribution in [0.4, 0.5) is 0 Å². The average Bonchev–Trinajstić information content (AvgIpc) is 3.62. The number of hydrogen-bond donors (Lipinski definition) is 0. The number of hydrogen-bond acceptors (Lipinski definition) is 6. The third-order valence-corrected chi connectivity index (χ3v) is 9.27. The molecule has 7 aliphatic rings. The predicted molar refractivity (Wildman–Crippen MR) is 112 cm³/mol. The highest BCUT2D eigenvalue weighted by molar-refractivity contribution is 6.07. The van der Waals surface area contributed by atoms with Crippen LogP contribution in [0.1, 0.15) is 12.8 Å². The maximum atomic E-state index is 12.9. The second-order valence-corrected chi connectivity index (χ2v) is 10.7. The zero-order chi connectivity index (χ0) is 21.7. The molecular formula is C24H28N4O4. The van der Waals surface area contributed by atoms with E-state index in [1.165, 1.54) is 9.80 Å². The van der Waals surface area contributed by atoms with E-state index < -0.39 is 0 Å². The third-order valence-electron chi connectivity index (χ3n) is 9.27. The Morgan fingerprint density at radius 1 is 0.531 bits per heavy atom. The average molecular weight is 437 g/mol. The van der Waals surface area contributed by atoms with E-state index in [-0.39, 0.29) is 71.0 Å². The lowest BCUT2D eigenvalue weighted by atomic mass is 9.85. The number of imide groups is 2. The zero-order valence-corrected chi connectivity index (χ0v) is 18.0. The minimum atomic E-state index is -0.143. The summed E-state index contributed by atoms with van der Waals surface area (Å²) in [5.41, 5.74) is 0. The van der Waals surface area contributed by atoms with Crippen LogP contribution in [0.3, 0.4) is 0 Å². The Hall–Kier alpha value is -2.32. The highest BCUT2D eigenvalue weighted by Crippen LogP contribution is 2.53. The summed E-state index contributed by atoms with van der Waals surface area (Å²) in [5.74, 6) is 0.394. The first kappa shape index (κ1) is 19.2. The Balaban J connectivity index is 0.956. The van der Waals surface area contributed by atoms with Crippen LogP contribution in [0.25, 0.3) is 0 Å². The SMILES string of the molecule is O=C1[C@@H]2[C@H](C(=O)N1CN1CCN(CN3C(=O)[C@H]4[C@H](C3=O)[C@H]3C=C[C@H]4C3)CC1)[C@H]1C=C[C@H]2C1. The molecule has 0 aromatic rings. The Morgan fingerprint density at radius 2 is 0.812 bits per heavy atom. The molecule has 7 rings (SSSR count). The molecule has 5 fully saturated rings. The van der Waals surface area contributed by atoms with E-state index in [0.29, 0.717) is 39.5 Å². The molecule has 0 aromatic carbocycles. The summed E-state index contributed by atoms with van der Waals surface area (Å²) in [6, 6.07) is 0. The lowest BCUT2D eigenvalue weighted by Gasteiger charge is -2.37. The van der Waals surface area contributed by atoms with Crippen molar-refractivity contribution in [3.05, 3.63) is 24.3 Å². The van der Waals surface area contributed by atoms with Crippen LogP contribution in [0.5, 0.6) is 0 Å². The molecule has 8 nitrogen and oxygen atoms in total. The van der Waals surface area contributed by atoms with Crippen molar-refractivity contribution in [1.82, 2.24) is 19.6 Å². The van der Waals surface area contributed by atoms with Crippen molar-refractivity contribution in [3.63, 3.8) is 0 Å². The molecule has 0 aromatic heterocycles. The fourth-order valence-electron chi connectivity index (χ4n) is 7.68. The quantitative estimate of drug-likeness (QED) is 0.461. The van der Waals surface area contributed by atoms with Gasteiger partial charge in [-0.25, -0.2) is 0 Å². The molecule has 0 spiro atoms. The van der Waals surface area contributed by atoms with Gasteiger partial charge in [-0.15, -0.1) is 0 Å². The van der Waals surface area contributed by atoms with Gasteiger partial charge in [0.1, 0.15) is 0 Å². The van der Waals surface area contributed by atoms with Gasteiger partial charge in [-0.3, -0.25) is 38.8 Å². The number of amides is 4. The molecule has 3 aliphatic heterocycles. The monoisotopic (exact) mass is 436 g/mol. The zero-order valence-electron chi connectivity index (χ0n) is 18.0. The highest BCUT2D eigenvalue weighted by atomic mass is 16.2.